The molecule has 0 bridgehead atoms. The van der Waals surface area contributed by atoms with E-state index in [4.69, 9.17) is 0 Å². The quantitative estimate of drug-likeness (QED) is 0.888. The van der Waals surface area contributed by atoms with Crippen LogP contribution in [0.2, 0.25) is 0 Å². The minimum atomic E-state index is -0.693. The number of hydrogen-bond acceptors (Lipinski definition) is 3. The predicted molar refractivity (Wildman–Crippen MR) is 83.0 cm³/mol. The van der Waals surface area contributed by atoms with Crippen molar-refractivity contribution >= 4 is 5.91 Å². The predicted octanol–water partition coefficient (Wildman–Crippen LogP) is 2.21. The van der Waals surface area contributed by atoms with Crippen molar-refractivity contribution in [2.45, 2.75) is 37.8 Å². The molecule has 0 spiro atoms. The van der Waals surface area contributed by atoms with Gasteiger partial charge in [0.1, 0.15) is 5.82 Å². The number of carbonyl (C=O) groups excluding carboxylic acids is 1. The summed E-state index contributed by atoms with van der Waals surface area (Å²) in [6.07, 6.45) is 3.52. The van der Waals surface area contributed by atoms with Gasteiger partial charge in [0.05, 0.1) is 12.5 Å². The van der Waals surface area contributed by atoms with Gasteiger partial charge >= 0.3 is 0 Å². The Morgan fingerprint density at radius 1 is 1.39 bits per heavy atom. The number of aromatic amines is 1. The molecule has 2 unspecified atom stereocenters. The number of benzene rings is 1. The highest BCUT2D eigenvalue weighted by Gasteiger charge is 2.30. The number of hydrogen-bond donors (Lipinski definition) is 2. The van der Waals surface area contributed by atoms with Crippen LogP contribution in [0, 0.1) is 5.82 Å². The van der Waals surface area contributed by atoms with Crippen LogP contribution in [-0.2, 0) is 11.2 Å². The number of aliphatic hydroxyl groups excluding tert-OH is 1. The summed E-state index contributed by atoms with van der Waals surface area (Å²) in [5.41, 5.74) is 1.47. The highest BCUT2D eigenvalue weighted by atomic mass is 19.1. The van der Waals surface area contributed by atoms with Crippen molar-refractivity contribution in [2.75, 3.05) is 6.54 Å². The van der Waals surface area contributed by atoms with Crippen LogP contribution in [0.25, 0.3) is 0 Å². The summed E-state index contributed by atoms with van der Waals surface area (Å²) in [5, 5.41) is 17.0. The lowest BCUT2D eigenvalue weighted by Crippen LogP contribution is -2.37. The van der Waals surface area contributed by atoms with Crippen LogP contribution in [0.15, 0.2) is 36.5 Å². The first-order chi connectivity index (χ1) is 11.1. The molecule has 1 aromatic carbocycles. The van der Waals surface area contributed by atoms with Gasteiger partial charge in [-0.3, -0.25) is 9.89 Å². The van der Waals surface area contributed by atoms with E-state index in [9.17, 15) is 14.3 Å². The van der Waals surface area contributed by atoms with E-state index in [1.807, 2.05) is 4.90 Å². The van der Waals surface area contributed by atoms with E-state index in [0.29, 0.717) is 24.9 Å². The second-order valence-corrected chi connectivity index (χ2v) is 5.94. The molecule has 1 aromatic heterocycles. The zero-order valence-corrected chi connectivity index (χ0v) is 12.8. The van der Waals surface area contributed by atoms with Crippen LogP contribution < -0.4 is 0 Å². The number of likely N-dealkylation sites (tertiary alicyclic amines) is 1. The van der Waals surface area contributed by atoms with E-state index in [1.54, 1.807) is 24.4 Å². The van der Waals surface area contributed by atoms with E-state index < -0.39 is 6.10 Å². The average Bonchev–Trinajstić information content (AvgIpc) is 3.19. The number of H-pyrrole nitrogens is 1. The molecule has 1 aliphatic heterocycles. The maximum atomic E-state index is 13.0. The smallest absolute Gasteiger partial charge is 0.228 e. The third-order valence-electron chi connectivity index (χ3n) is 4.35. The molecule has 1 aliphatic rings. The lowest BCUT2D eigenvalue weighted by Gasteiger charge is -2.26. The fraction of sp³-hybridized carbons (Fsp3) is 0.412. The largest absolute Gasteiger partial charge is 0.388 e. The number of carbonyl (C=O) groups is 1. The molecule has 6 heteroatoms. The van der Waals surface area contributed by atoms with Crippen molar-refractivity contribution in [1.29, 1.82) is 0 Å². The Kier molecular flexibility index (Phi) is 4.71. The molecule has 2 N–H and O–H groups in total. The molecule has 1 fully saturated rings. The van der Waals surface area contributed by atoms with Gasteiger partial charge in [-0.15, -0.1) is 0 Å². The Hall–Kier alpha value is -2.21. The minimum absolute atomic E-state index is 0.0190. The van der Waals surface area contributed by atoms with E-state index in [0.717, 1.165) is 18.5 Å². The van der Waals surface area contributed by atoms with Gasteiger partial charge in [0, 0.05) is 24.5 Å². The molecule has 1 amide bonds. The molecule has 1 saturated heterocycles. The number of rotatable bonds is 5. The molecule has 23 heavy (non-hydrogen) atoms. The molecular formula is C17H20FN3O2. The molecule has 3 rings (SSSR count). The molecule has 2 atom stereocenters. The summed E-state index contributed by atoms with van der Waals surface area (Å²) < 4.78 is 13.0. The van der Waals surface area contributed by atoms with Gasteiger partial charge in [0.15, 0.2) is 0 Å². The van der Waals surface area contributed by atoms with Gasteiger partial charge < -0.3 is 10.0 Å². The summed E-state index contributed by atoms with van der Waals surface area (Å²) in [6.45, 7) is 0.716. The van der Waals surface area contributed by atoms with Crippen LogP contribution in [-0.4, -0.2) is 38.7 Å². The SMILES string of the molecule is O=C(Cc1ccn[nH]1)N1CCCC1CC(O)c1ccc(F)cc1. The van der Waals surface area contributed by atoms with Crippen molar-refractivity contribution < 1.29 is 14.3 Å². The normalized spacial score (nSPS) is 19.0. The fourth-order valence-corrected chi connectivity index (χ4v) is 3.14. The second kappa shape index (κ2) is 6.91. The first-order valence-corrected chi connectivity index (χ1v) is 7.85. The summed E-state index contributed by atoms with van der Waals surface area (Å²) in [4.78, 5) is 14.3. The Labute approximate surface area is 134 Å². The molecular weight excluding hydrogens is 297 g/mol. The van der Waals surface area contributed by atoms with Crippen molar-refractivity contribution in [2.24, 2.45) is 0 Å². The van der Waals surface area contributed by atoms with Gasteiger partial charge in [-0.05, 0) is 43.0 Å². The first-order valence-electron chi connectivity index (χ1n) is 7.85. The summed E-state index contributed by atoms with van der Waals surface area (Å²) >= 11 is 0. The molecule has 5 nitrogen and oxygen atoms in total. The molecule has 0 radical (unpaired) electrons. The van der Waals surface area contributed by atoms with Gasteiger partial charge in [-0.25, -0.2) is 4.39 Å². The van der Waals surface area contributed by atoms with Crippen LogP contribution in [0.1, 0.15) is 36.6 Å². The molecule has 0 saturated carbocycles. The van der Waals surface area contributed by atoms with E-state index >= 15 is 0 Å². The van der Waals surface area contributed by atoms with Gasteiger partial charge in [0.25, 0.3) is 0 Å². The van der Waals surface area contributed by atoms with Crippen molar-refractivity contribution in [3.63, 3.8) is 0 Å². The summed E-state index contributed by atoms with van der Waals surface area (Å²) in [7, 11) is 0. The van der Waals surface area contributed by atoms with Crippen LogP contribution in [0.4, 0.5) is 4.39 Å². The average molecular weight is 317 g/mol. The van der Waals surface area contributed by atoms with E-state index in [1.165, 1.54) is 12.1 Å². The summed E-state index contributed by atoms with van der Waals surface area (Å²) in [5.74, 6) is -0.277. The minimum Gasteiger partial charge on any atom is -0.388 e. The molecule has 2 aromatic rings. The number of nitrogens with zero attached hydrogens (tertiary/aromatic N) is 2. The fourth-order valence-electron chi connectivity index (χ4n) is 3.14. The van der Waals surface area contributed by atoms with Gasteiger partial charge in [-0.2, -0.15) is 5.10 Å². The number of aliphatic hydroxyl groups is 1. The van der Waals surface area contributed by atoms with Gasteiger partial charge in [-0.1, -0.05) is 12.1 Å². The zero-order chi connectivity index (χ0) is 16.2. The topological polar surface area (TPSA) is 69.2 Å². The zero-order valence-electron chi connectivity index (χ0n) is 12.8. The molecule has 122 valence electrons. The number of amides is 1. The number of halogens is 1. The van der Waals surface area contributed by atoms with Gasteiger partial charge in [0.2, 0.25) is 5.91 Å². The lowest BCUT2D eigenvalue weighted by molar-refractivity contribution is -0.131. The Morgan fingerprint density at radius 3 is 2.87 bits per heavy atom. The molecule has 0 aliphatic carbocycles. The van der Waals surface area contributed by atoms with Crippen molar-refractivity contribution in [3.05, 3.63) is 53.6 Å². The standard InChI is InChI=1S/C17H20FN3O2/c18-13-5-3-12(4-6-13)16(22)11-15-2-1-9-21(15)17(23)10-14-7-8-19-20-14/h3-8,15-16,22H,1-2,9-11H2,(H,19,20). The van der Waals surface area contributed by atoms with Crippen LogP contribution in [0.3, 0.4) is 0 Å². The highest BCUT2D eigenvalue weighted by molar-refractivity contribution is 5.78. The Balaban J connectivity index is 1.62. The third kappa shape index (κ3) is 3.76. The van der Waals surface area contributed by atoms with Crippen LogP contribution in [0.5, 0.6) is 0 Å². The lowest BCUT2D eigenvalue weighted by atomic mass is 10.0. The van der Waals surface area contributed by atoms with Crippen molar-refractivity contribution in [3.8, 4) is 0 Å². The maximum absolute atomic E-state index is 13.0. The first kappa shape index (κ1) is 15.7. The Morgan fingerprint density at radius 2 is 2.17 bits per heavy atom. The van der Waals surface area contributed by atoms with E-state index in [2.05, 4.69) is 10.2 Å². The monoisotopic (exact) mass is 317 g/mol. The second-order valence-electron chi connectivity index (χ2n) is 5.94. The highest BCUT2D eigenvalue weighted by Crippen LogP contribution is 2.28. The number of nitrogens with one attached hydrogen (secondary N) is 1. The number of aromatic nitrogens is 2. The Bertz CT molecular complexity index is 642. The molecule has 2 heterocycles. The third-order valence-corrected chi connectivity index (χ3v) is 4.35. The maximum Gasteiger partial charge on any atom is 0.228 e. The van der Waals surface area contributed by atoms with Crippen LogP contribution >= 0.6 is 0 Å². The van der Waals surface area contributed by atoms with Crippen molar-refractivity contribution in [1.82, 2.24) is 15.1 Å². The van der Waals surface area contributed by atoms with E-state index in [-0.39, 0.29) is 17.8 Å². The summed E-state index contributed by atoms with van der Waals surface area (Å²) in [6, 6.07) is 7.67.